The van der Waals surface area contributed by atoms with Crippen LogP contribution in [0.2, 0.25) is 0 Å². The van der Waals surface area contributed by atoms with Crippen LogP contribution in [-0.4, -0.2) is 47.8 Å². The van der Waals surface area contributed by atoms with E-state index in [9.17, 15) is 4.79 Å². The summed E-state index contributed by atoms with van der Waals surface area (Å²) in [7, 11) is 1.78. The Hall–Kier alpha value is -0.400. The van der Waals surface area contributed by atoms with Crippen LogP contribution in [0.5, 0.6) is 0 Å². The van der Waals surface area contributed by atoms with Gasteiger partial charge in [-0.3, -0.25) is 4.90 Å². The van der Waals surface area contributed by atoms with Crippen LogP contribution in [-0.2, 0) is 14.3 Å². The second-order valence-corrected chi connectivity index (χ2v) is 7.37. The lowest BCUT2D eigenvalue weighted by atomic mass is 9.81. The van der Waals surface area contributed by atoms with E-state index in [4.69, 9.17) is 9.47 Å². The number of rotatable bonds is 2. The molecule has 1 spiro atoms. The molecule has 0 aromatic heterocycles. The Kier molecular flexibility index (Phi) is 2.86. The van der Waals surface area contributed by atoms with Crippen molar-refractivity contribution in [3.8, 4) is 0 Å². The van der Waals surface area contributed by atoms with Gasteiger partial charge < -0.3 is 9.47 Å². The molecule has 0 N–H and O–H groups in total. The molecule has 108 valence electrons. The van der Waals surface area contributed by atoms with Gasteiger partial charge in [0.25, 0.3) is 0 Å². The Labute approximate surface area is 132 Å². The van der Waals surface area contributed by atoms with Crippen molar-refractivity contribution in [2.24, 2.45) is 0 Å². The van der Waals surface area contributed by atoms with Crippen LogP contribution < -0.4 is 0 Å². The fraction of sp³-hybridized carbons (Fsp3) is 0.667. The Bertz CT molecular complexity index is 543. The monoisotopic (exact) mass is 387 g/mol. The highest BCUT2D eigenvalue weighted by Crippen LogP contribution is 2.57. The minimum atomic E-state index is -0.380. The fourth-order valence-electron chi connectivity index (χ4n) is 4.57. The molecular weight excluding hydrogens is 369 g/mol. The number of halogens is 1. The van der Waals surface area contributed by atoms with Crippen molar-refractivity contribution in [1.82, 2.24) is 4.90 Å². The second-order valence-electron chi connectivity index (χ2n) is 6.20. The Morgan fingerprint density at radius 1 is 1.55 bits per heavy atom. The van der Waals surface area contributed by atoms with Crippen molar-refractivity contribution in [3.05, 3.63) is 21.3 Å². The van der Waals surface area contributed by atoms with Gasteiger partial charge in [-0.05, 0) is 42.4 Å². The number of ether oxygens (including phenoxy) is 2. The zero-order valence-electron chi connectivity index (χ0n) is 11.6. The standard InChI is InChI=1S/C15H18INO3/c1-8(19-2)12-3-4-13-15-7-9(17(12)13)5-11(16)10(15)6-14(18)20-15/h5-6,8-9,12-13H,3-4,7H2,1-2H3/t8?,9-,12-,13?,15+/m1/s1. The van der Waals surface area contributed by atoms with E-state index in [-0.39, 0.29) is 17.7 Å². The molecule has 5 heteroatoms. The van der Waals surface area contributed by atoms with Crippen LogP contribution >= 0.6 is 22.6 Å². The molecule has 3 aliphatic heterocycles. The van der Waals surface area contributed by atoms with Gasteiger partial charge in [0.15, 0.2) is 5.60 Å². The summed E-state index contributed by atoms with van der Waals surface area (Å²) in [5.41, 5.74) is 0.729. The highest BCUT2D eigenvalue weighted by Gasteiger charge is 2.64. The lowest BCUT2D eigenvalue weighted by Gasteiger charge is -2.33. The maximum atomic E-state index is 11.8. The van der Waals surface area contributed by atoms with E-state index in [1.54, 1.807) is 13.2 Å². The molecule has 3 heterocycles. The predicted molar refractivity (Wildman–Crippen MR) is 82.5 cm³/mol. The summed E-state index contributed by atoms with van der Waals surface area (Å²) in [6.07, 6.45) is 7.32. The largest absolute Gasteiger partial charge is 0.449 e. The van der Waals surface area contributed by atoms with Crippen molar-refractivity contribution in [3.63, 3.8) is 0 Å². The lowest BCUT2D eigenvalue weighted by Crippen LogP contribution is -2.47. The van der Waals surface area contributed by atoms with Gasteiger partial charge in [-0.2, -0.15) is 0 Å². The number of nitrogens with zero attached hydrogens (tertiary/aromatic N) is 1. The third kappa shape index (κ3) is 1.51. The van der Waals surface area contributed by atoms with E-state index < -0.39 is 0 Å². The first-order valence-electron chi connectivity index (χ1n) is 7.20. The van der Waals surface area contributed by atoms with Crippen molar-refractivity contribution in [2.75, 3.05) is 7.11 Å². The first-order valence-corrected chi connectivity index (χ1v) is 8.28. The number of hydrogen-bond acceptors (Lipinski definition) is 4. The predicted octanol–water partition coefficient (Wildman–Crippen LogP) is 2.18. The molecule has 0 aromatic rings. The molecule has 0 saturated carbocycles. The average molecular weight is 387 g/mol. The third-order valence-electron chi connectivity index (χ3n) is 5.42. The quantitative estimate of drug-likeness (QED) is 0.538. The number of fused-ring (bicyclic) bond motifs is 3. The molecule has 4 aliphatic rings. The summed E-state index contributed by atoms with van der Waals surface area (Å²) >= 11 is 2.35. The van der Waals surface area contributed by atoms with Crippen molar-refractivity contribution in [1.29, 1.82) is 0 Å². The van der Waals surface area contributed by atoms with Crippen molar-refractivity contribution in [2.45, 2.75) is 56.0 Å². The van der Waals surface area contributed by atoms with Gasteiger partial charge in [-0.15, -0.1) is 0 Å². The van der Waals surface area contributed by atoms with E-state index in [0.717, 1.165) is 24.8 Å². The maximum Gasteiger partial charge on any atom is 0.332 e. The van der Waals surface area contributed by atoms with E-state index in [0.29, 0.717) is 18.1 Å². The zero-order valence-corrected chi connectivity index (χ0v) is 13.8. The average Bonchev–Trinajstić information content (AvgIpc) is 3.04. The first-order chi connectivity index (χ1) is 9.56. The Morgan fingerprint density at radius 2 is 2.35 bits per heavy atom. The maximum absolute atomic E-state index is 11.8. The third-order valence-corrected chi connectivity index (χ3v) is 6.36. The van der Waals surface area contributed by atoms with E-state index >= 15 is 0 Å². The van der Waals surface area contributed by atoms with E-state index in [1.165, 1.54) is 3.58 Å². The van der Waals surface area contributed by atoms with Crippen LogP contribution in [0.1, 0.15) is 26.2 Å². The molecule has 0 radical (unpaired) electrons. The second kappa shape index (κ2) is 4.30. The SMILES string of the molecule is COC(C)[C@H]1CCC2N1[C@@H]1C=C(I)C3=CC(=O)O[C@@]32C1. The normalized spacial score (nSPS) is 43.8. The van der Waals surface area contributed by atoms with E-state index in [1.807, 2.05) is 0 Å². The number of carbonyl (C=O) groups is 1. The minimum Gasteiger partial charge on any atom is -0.449 e. The van der Waals surface area contributed by atoms with Crippen LogP contribution in [0.25, 0.3) is 0 Å². The number of carbonyl (C=O) groups excluding carboxylic acids is 1. The molecule has 5 atom stereocenters. The van der Waals surface area contributed by atoms with Gasteiger partial charge in [0, 0.05) is 40.8 Å². The highest BCUT2D eigenvalue weighted by atomic mass is 127. The molecular formula is C15H18INO3. The van der Waals surface area contributed by atoms with Gasteiger partial charge in [-0.1, -0.05) is 6.08 Å². The summed E-state index contributed by atoms with van der Waals surface area (Å²) < 4.78 is 12.6. The molecule has 1 aliphatic carbocycles. The van der Waals surface area contributed by atoms with Gasteiger partial charge in [0.05, 0.1) is 12.1 Å². The fourth-order valence-corrected chi connectivity index (χ4v) is 5.60. The van der Waals surface area contributed by atoms with Crippen molar-refractivity contribution >= 4 is 28.6 Å². The molecule has 2 unspecified atom stereocenters. The molecule has 0 aromatic carbocycles. The number of hydrogen-bond donors (Lipinski definition) is 0. The first kappa shape index (κ1) is 13.3. The van der Waals surface area contributed by atoms with Crippen LogP contribution in [0.4, 0.5) is 0 Å². The Morgan fingerprint density at radius 3 is 3.10 bits per heavy atom. The Balaban J connectivity index is 1.77. The topological polar surface area (TPSA) is 38.8 Å². The summed E-state index contributed by atoms with van der Waals surface area (Å²) in [5, 5.41) is 0. The smallest absolute Gasteiger partial charge is 0.332 e. The van der Waals surface area contributed by atoms with Gasteiger partial charge in [-0.25, -0.2) is 4.79 Å². The molecule has 20 heavy (non-hydrogen) atoms. The molecule has 0 amide bonds. The number of esters is 1. The summed E-state index contributed by atoms with van der Waals surface area (Å²) in [4.78, 5) is 14.4. The lowest BCUT2D eigenvalue weighted by molar-refractivity contribution is -0.147. The summed E-state index contributed by atoms with van der Waals surface area (Å²) in [6, 6.07) is 1.12. The van der Waals surface area contributed by atoms with E-state index in [2.05, 4.69) is 40.5 Å². The minimum absolute atomic E-state index is 0.173. The van der Waals surface area contributed by atoms with Gasteiger partial charge in [0.2, 0.25) is 0 Å². The van der Waals surface area contributed by atoms with Gasteiger partial charge in [0.1, 0.15) is 0 Å². The van der Waals surface area contributed by atoms with Gasteiger partial charge >= 0.3 is 5.97 Å². The van der Waals surface area contributed by atoms with Crippen LogP contribution in [0.3, 0.4) is 0 Å². The molecule has 2 saturated heterocycles. The molecule has 2 bridgehead atoms. The summed E-state index contributed by atoms with van der Waals surface area (Å²) in [5.74, 6) is -0.173. The van der Waals surface area contributed by atoms with Crippen LogP contribution in [0.15, 0.2) is 21.3 Å². The van der Waals surface area contributed by atoms with Crippen molar-refractivity contribution < 1.29 is 14.3 Å². The molecule has 4 nitrogen and oxygen atoms in total. The highest BCUT2D eigenvalue weighted by molar-refractivity contribution is 14.1. The molecule has 2 fully saturated rings. The zero-order chi connectivity index (χ0) is 14.1. The number of methoxy groups -OCH3 is 1. The summed E-state index contributed by atoms with van der Waals surface area (Å²) in [6.45, 7) is 2.14. The van der Waals surface area contributed by atoms with Crippen LogP contribution in [0, 0.1) is 0 Å². The molecule has 4 rings (SSSR count).